The molecule has 0 bridgehead atoms. The second kappa shape index (κ2) is 7.02. The van der Waals surface area contributed by atoms with Crippen molar-refractivity contribution in [1.82, 2.24) is 15.4 Å². The highest BCUT2D eigenvalue weighted by Crippen LogP contribution is 2.11. The average Bonchev–Trinajstić information content (AvgIpc) is 2.97. The highest BCUT2D eigenvalue weighted by Gasteiger charge is 2.19. The normalized spacial score (nSPS) is 18.6. The van der Waals surface area contributed by atoms with Crippen molar-refractivity contribution >= 4 is 15.9 Å². The molecule has 21 heavy (non-hydrogen) atoms. The Morgan fingerprint density at radius 2 is 2.05 bits per heavy atom. The fourth-order valence-electron chi connectivity index (χ4n) is 2.24. The molecule has 1 heterocycles. The number of carbonyl (C=O) groups excluding carboxylic acids is 1. The summed E-state index contributed by atoms with van der Waals surface area (Å²) >= 11 is 0. The largest absolute Gasteiger partial charge is 0.352 e. The molecule has 0 radical (unpaired) electrons. The van der Waals surface area contributed by atoms with Crippen LogP contribution >= 0.6 is 0 Å². The van der Waals surface area contributed by atoms with E-state index in [-0.39, 0.29) is 16.8 Å². The summed E-state index contributed by atoms with van der Waals surface area (Å²) in [5.41, 5.74) is 0.863. The van der Waals surface area contributed by atoms with Crippen LogP contribution in [-0.2, 0) is 21.4 Å². The molecule has 0 saturated carbocycles. The third-order valence-electron chi connectivity index (χ3n) is 3.46. The number of amides is 1. The van der Waals surface area contributed by atoms with Gasteiger partial charge in [-0.3, -0.25) is 4.79 Å². The predicted octanol–water partition coefficient (Wildman–Crippen LogP) is 0.353. The maximum Gasteiger partial charge on any atom is 0.240 e. The number of nitrogens with one attached hydrogen (secondary N) is 3. The molecule has 1 aromatic rings. The van der Waals surface area contributed by atoms with Gasteiger partial charge >= 0.3 is 0 Å². The molecule has 1 fully saturated rings. The molecule has 6 nitrogen and oxygen atoms in total. The van der Waals surface area contributed by atoms with Crippen LogP contribution in [0.1, 0.15) is 25.3 Å². The number of sulfonamides is 1. The van der Waals surface area contributed by atoms with E-state index in [1.807, 2.05) is 0 Å². The van der Waals surface area contributed by atoms with Gasteiger partial charge in [-0.1, -0.05) is 12.1 Å². The minimum absolute atomic E-state index is 0.113. The van der Waals surface area contributed by atoms with E-state index in [9.17, 15) is 13.2 Å². The quantitative estimate of drug-likeness (QED) is 0.707. The minimum atomic E-state index is -3.47. The van der Waals surface area contributed by atoms with Crippen LogP contribution in [0.5, 0.6) is 0 Å². The molecule has 1 aliphatic heterocycles. The first-order valence-corrected chi connectivity index (χ1v) is 8.52. The van der Waals surface area contributed by atoms with E-state index >= 15 is 0 Å². The summed E-state index contributed by atoms with van der Waals surface area (Å²) < 4.78 is 26.9. The molecule has 0 spiro atoms. The zero-order valence-electron chi connectivity index (χ0n) is 12.1. The number of hydrogen-bond donors (Lipinski definition) is 3. The molecular weight excluding hydrogens is 290 g/mol. The van der Waals surface area contributed by atoms with Crippen molar-refractivity contribution < 1.29 is 13.2 Å². The minimum Gasteiger partial charge on any atom is -0.352 e. The lowest BCUT2D eigenvalue weighted by Crippen LogP contribution is -2.37. The van der Waals surface area contributed by atoms with Crippen LogP contribution in [0, 0.1) is 0 Å². The van der Waals surface area contributed by atoms with Crippen LogP contribution in [-0.4, -0.2) is 33.5 Å². The maximum atomic E-state index is 12.2. The van der Waals surface area contributed by atoms with Gasteiger partial charge in [-0.25, -0.2) is 13.1 Å². The van der Waals surface area contributed by atoms with Gasteiger partial charge in [0.15, 0.2) is 0 Å². The van der Waals surface area contributed by atoms with Gasteiger partial charge in [0.25, 0.3) is 0 Å². The van der Waals surface area contributed by atoms with Gasteiger partial charge in [-0.2, -0.15) is 0 Å². The first kappa shape index (κ1) is 15.9. The molecule has 116 valence electrons. The standard InChI is InChI=1S/C14H21N3O3S/c1-11(18)16-9-12-4-6-14(7-5-12)21(19,20)17-10-13-3-2-8-15-13/h4-7,13,15,17H,2-3,8-10H2,1H3,(H,16,18). The topological polar surface area (TPSA) is 87.3 Å². The summed E-state index contributed by atoms with van der Waals surface area (Å²) in [6, 6.07) is 6.75. The Bertz CT molecular complexity index is 578. The van der Waals surface area contributed by atoms with Gasteiger partial charge in [-0.15, -0.1) is 0 Å². The van der Waals surface area contributed by atoms with E-state index in [1.54, 1.807) is 24.3 Å². The van der Waals surface area contributed by atoms with Gasteiger partial charge in [0, 0.05) is 26.1 Å². The Morgan fingerprint density at radius 3 is 2.62 bits per heavy atom. The number of carbonyl (C=O) groups is 1. The molecule has 7 heteroatoms. The third kappa shape index (κ3) is 4.80. The second-order valence-corrected chi connectivity index (χ2v) is 6.97. The van der Waals surface area contributed by atoms with Crippen LogP contribution in [0.2, 0.25) is 0 Å². The van der Waals surface area contributed by atoms with Crippen molar-refractivity contribution in [2.45, 2.75) is 37.2 Å². The fourth-order valence-corrected chi connectivity index (χ4v) is 3.32. The van der Waals surface area contributed by atoms with Crippen LogP contribution in [0.25, 0.3) is 0 Å². The zero-order chi connectivity index (χ0) is 15.3. The van der Waals surface area contributed by atoms with Crippen LogP contribution < -0.4 is 15.4 Å². The Labute approximate surface area is 125 Å². The van der Waals surface area contributed by atoms with Crippen molar-refractivity contribution in [3.63, 3.8) is 0 Å². The molecule has 1 atom stereocenters. The SMILES string of the molecule is CC(=O)NCc1ccc(S(=O)(=O)NCC2CCCN2)cc1. The summed E-state index contributed by atoms with van der Waals surface area (Å²) in [6.07, 6.45) is 2.09. The molecule has 1 aliphatic rings. The lowest BCUT2D eigenvalue weighted by atomic mass is 10.2. The summed E-state index contributed by atoms with van der Waals surface area (Å²) in [5.74, 6) is -0.113. The maximum absolute atomic E-state index is 12.2. The van der Waals surface area contributed by atoms with Crippen molar-refractivity contribution in [3.05, 3.63) is 29.8 Å². The summed E-state index contributed by atoms with van der Waals surface area (Å²) in [6.45, 7) is 3.20. The molecule has 1 saturated heterocycles. The highest BCUT2D eigenvalue weighted by atomic mass is 32.2. The smallest absolute Gasteiger partial charge is 0.240 e. The van der Waals surface area contributed by atoms with E-state index in [4.69, 9.17) is 0 Å². The Kier molecular flexibility index (Phi) is 5.33. The van der Waals surface area contributed by atoms with Crippen LogP contribution in [0.3, 0.4) is 0 Å². The Balaban J connectivity index is 1.94. The summed E-state index contributed by atoms with van der Waals surface area (Å²) in [7, 11) is -3.47. The van der Waals surface area contributed by atoms with Gasteiger partial charge in [-0.05, 0) is 37.1 Å². The predicted molar refractivity (Wildman–Crippen MR) is 80.2 cm³/mol. The molecule has 1 unspecified atom stereocenters. The number of rotatable bonds is 6. The molecular formula is C14H21N3O3S. The average molecular weight is 311 g/mol. The van der Waals surface area contributed by atoms with Crippen molar-refractivity contribution in [2.75, 3.05) is 13.1 Å². The second-order valence-electron chi connectivity index (χ2n) is 5.20. The first-order valence-electron chi connectivity index (χ1n) is 7.04. The van der Waals surface area contributed by atoms with Crippen molar-refractivity contribution in [1.29, 1.82) is 0 Å². The number of hydrogen-bond acceptors (Lipinski definition) is 4. The molecule has 2 rings (SSSR count). The van der Waals surface area contributed by atoms with Gasteiger partial charge in [0.2, 0.25) is 15.9 Å². The number of benzene rings is 1. The molecule has 1 amide bonds. The van der Waals surface area contributed by atoms with Crippen molar-refractivity contribution in [2.24, 2.45) is 0 Å². The summed E-state index contributed by atoms with van der Waals surface area (Å²) in [5, 5.41) is 5.92. The van der Waals surface area contributed by atoms with Gasteiger partial charge < -0.3 is 10.6 Å². The van der Waals surface area contributed by atoms with Crippen LogP contribution in [0.15, 0.2) is 29.2 Å². The van der Waals surface area contributed by atoms with E-state index in [0.29, 0.717) is 13.1 Å². The van der Waals surface area contributed by atoms with Gasteiger partial charge in [0.1, 0.15) is 0 Å². The van der Waals surface area contributed by atoms with Gasteiger partial charge in [0.05, 0.1) is 4.90 Å². The van der Waals surface area contributed by atoms with Crippen LogP contribution in [0.4, 0.5) is 0 Å². The van der Waals surface area contributed by atoms with E-state index in [2.05, 4.69) is 15.4 Å². The van der Waals surface area contributed by atoms with Crippen molar-refractivity contribution in [3.8, 4) is 0 Å². The lowest BCUT2D eigenvalue weighted by Gasteiger charge is -2.12. The Morgan fingerprint density at radius 1 is 1.33 bits per heavy atom. The van der Waals surface area contributed by atoms with E-state index in [0.717, 1.165) is 24.9 Å². The molecule has 1 aromatic carbocycles. The zero-order valence-corrected chi connectivity index (χ0v) is 12.9. The molecule has 0 aliphatic carbocycles. The lowest BCUT2D eigenvalue weighted by molar-refractivity contribution is -0.119. The molecule has 0 aromatic heterocycles. The highest BCUT2D eigenvalue weighted by molar-refractivity contribution is 7.89. The van der Waals surface area contributed by atoms with E-state index in [1.165, 1.54) is 6.92 Å². The van der Waals surface area contributed by atoms with E-state index < -0.39 is 10.0 Å². The molecule has 3 N–H and O–H groups in total. The summed E-state index contributed by atoms with van der Waals surface area (Å²) in [4.78, 5) is 11.1. The monoisotopic (exact) mass is 311 g/mol. The first-order chi connectivity index (χ1) is 9.97. The Hall–Kier alpha value is -1.44. The fraction of sp³-hybridized carbons (Fsp3) is 0.500. The third-order valence-corrected chi connectivity index (χ3v) is 4.90.